The van der Waals surface area contributed by atoms with Gasteiger partial charge in [-0.3, -0.25) is 4.79 Å². The maximum atomic E-state index is 12.3. The normalized spacial score (nSPS) is 11.2. The van der Waals surface area contributed by atoms with Crippen molar-refractivity contribution in [2.24, 2.45) is 0 Å². The maximum Gasteiger partial charge on any atom is 0.255 e. The molecule has 0 unspecified atom stereocenters. The first-order valence-electron chi connectivity index (χ1n) is 6.52. The van der Waals surface area contributed by atoms with Crippen molar-refractivity contribution in [3.63, 3.8) is 0 Å². The number of H-pyrrole nitrogens is 1. The van der Waals surface area contributed by atoms with E-state index in [-0.39, 0.29) is 12.0 Å². The Labute approximate surface area is 113 Å². The monoisotopic (exact) mass is 260 g/mol. The zero-order chi connectivity index (χ0) is 13.8. The van der Waals surface area contributed by atoms with E-state index in [1.807, 2.05) is 38.1 Å². The van der Waals surface area contributed by atoms with Crippen LogP contribution in [0.4, 0.5) is 0 Å². The average molecular weight is 260 g/mol. The molecule has 2 rings (SSSR count). The number of nitrogens with zero attached hydrogens (tertiary/aromatic N) is 1. The third-order valence-corrected chi connectivity index (χ3v) is 3.04. The van der Waals surface area contributed by atoms with Crippen molar-refractivity contribution in [3.8, 4) is 0 Å². The second-order valence-corrected chi connectivity index (χ2v) is 4.89. The summed E-state index contributed by atoms with van der Waals surface area (Å²) in [5.41, 5.74) is 1.69. The van der Waals surface area contributed by atoms with Crippen LogP contribution in [0, 0.1) is 0 Å². The van der Waals surface area contributed by atoms with Gasteiger partial charge in [-0.1, -0.05) is 18.2 Å². The van der Waals surface area contributed by atoms with Crippen molar-refractivity contribution >= 4 is 16.8 Å². The van der Waals surface area contributed by atoms with E-state index in [1.165, 1.54) is 0 Å². The van der Waals surface area contributed by atoms with E-state index in [4.69, 9.17) is 4.74 Å². The van der Waals surface area contributed by atoms with Gasteiger partial charge < -0.3 is 14.6 Å². The second kappa shape index (κ2) is 5.89. The number of hydrogen-bond acceptors (Lipinski definition) is 2. The number of amides is 1. The number of likely N-dealkylation sites (N-methyl/N-ethyl adjacent to an activating group) is 1. The molecule has 0 spiro atoms. The zero-order valence-corrected chi connectivity index (χ0v) is 11.6. The third kappa shape index (κ3) is 3.15. The van der Waals surface area contributed by atoms with Gasteiger partial charge in [0.15, 0.2) is 0 Å². The summed E-state index contributed by atoms with van der Waals surface area (Å²) < 4.78 is 5.47. The van der Waals surface area contributed by atoms with Crippen LogP contribution in [-0.4, -0.2) is 42.1 Å². The van der Waals surface area contributed by atoms with Gasteiger partial charge in [0.1, 0.15) is 0 Å². The van der Waals surface area contributed by atoms with Crippen LogP contribution in [0.1, 0.15) is 24.2 Å². The Morgan fingerprint density at radius 1 is 1.37 bits per heavy atom. The summed E-state index contributed by atoms with van der Waals surface area (Å²) in [5.74, 6) is 0.0183. The van der Waals surface area contributed by atoms with E-state index in [2.05, 4.69) is 4.98 Å². The molecule has 1 N–H and O–H groups in total. The smallest absolute Gasteiger partial charge is 0.255 e. The summed E-state index contributed by atoms with van der Waals surface area (Å²) in [4.78, 5) is 17.2. The molecule has 0 bridgehead atoms. The minimum Gasteiger partial charge on any atom is -0.377 e. The lowest BCUT2D eigenvalue weighted by Gasteiger charge is -2.17. The van der Waals surface area contributed by atoms with Gasteiger partial charge in [-0.2, -0.15) is 0 Å². The number of nitrogens with one attached hydrogen (secondary N) is 1. The van der Waals surface area contributed by atoms with Crippen LogP contribution in [-0.2, 0) is 4.74 Å². The molecular formula is C15H20N2O2. The van der Waals surface area contributed by atoms with Gasteiger partial charge in [-0.15, -0.1) is 0 Å². The quantitative estimate of drug-likeness (QED) is 0.898. The number of rotatable bonds is 5. The van der Waals surface area contributed by atoms with Gasteiger partial charge in [0.05, 0.1) is 18.3 Å². The highest BCUT2D eigenvalue weighted by molar-refractivity contribution is 6.06. The standard InChI is InChI=1S/C15H20N2O2/c1-11(2)19-9-8-17(3)15(18)13-10-16-14-7-5-4-6-12(13)14/h4-7,10-11,16H,8-9H2,1-3H3. The van der Waals surface area contributed by atoms with Gasteiger partial charge in [-0.25, -0.2) is 0 Å². The first-order valence-corrected chi connectivity index (χ1v) is 6.52. The number of carbonyl (C=O) groups is 1. The molecule has 0 saturated heterocycles. The van der Waals surface area contributed by atoms with Crippen molar-refractivity contribution in [1.82, 2.24) is 9.88 Å². The topological polar surface area (TPSA) is 45.3 Å². The number of para-hydroxylation sites is 1. The Bertz CT molecular complexity index is 560. The first kappa shape index (κ1) is 13.6. The van der Waals surface area contributed by atoms with Crippen LogP contribution >= 0.6 is 0 Å². The lowest BCUT2D eigenvalue weighted by Crippen LogP contribution is -2.30. The molecule has 0 saturated carbocycles. The Balaban J connectivity index is 2.06. The molecule has 1 amide bonds. The third-order valence-electron chi connectivity index (χ3n) is 3.04. The molecule has 102 valence electrons. The van der Waals surface area contributed by atoms with E-state index in [1.54, 1.807) is 18.1 Å². The van der Waals surface area contributed by atoms with Gasteiger partial charge in [-0.05, 0) is 19.9 Å². The van der Waals surface area contributed by atoms with Gasteiger partial charge in [0.2, 0.25) is 0 Å². The molecule has 19 heavy (non-hydrogen) atoms. The molecule has 1 heterocycles. The molecule has 0 fully saturated rings. The summed E-state index contributed by atoms with van der Waals surface area (Å²) >= 11 is 0. The predicted molar refractivity (Wildman–Crippen MR) is 76.3 cm³/mol. The first-order chi connectivity index (χ1) is 9.09. The van der Waals surface area contributed by atoms with Crippen LogP contribution in [0.25, 0.3) is 10.9 Å². The van der Waals surface area contributed by atoms with E-state index in [9.17, 15) is 4.79 Å². The molecule has 1 aromatic carbocycles. The van der Waals surface area contributed by atoms with E-state index >= 15 is 0 Å². The van der Waals surface area contributed by atoms with Crippen molar-refractivity contribution in [1.29, 1.82) is 0 Å². The number of aromatic amines is 1. The minimum absolute atomic E-state index is 0.0183. The van der Waals surface area contributed by atoms with Gasteiger partial charge >= 0.3 is 0 Å². The van der Waals surface area contributed by atoms with E-state index in [0.29, 0.717) is 18.7 Å². The lowest BCUT2D eigenvalue weighted by atomic mass is 10.1. The number of hydrogen-bond donors (Lipinski definition) is 1. The van der Waals surface area contributed by atoms with Gasteiger partial charge in [0, 0.05) is 30.7 Å². The molecule has 0 aliphatic rings. The average Bonchev–Trinajstić information content (AvgIpc) is 2.81. The summed E-state index contributed by atoms with van der Waals surface area (Å²) in [6.45, 7) is 5.13. The molecule has 0 aliphatic heterocycles. The summed E-state index contributed by atoms with van der Waals surface area (Å²) in [5, 5.41) is 0.962. The van der Waals surface area contributed by atoms with Crippen molar-refractivity contribution in [3.05, 3.63) is 36.0 Å². The zero-order valence-electron chi connectivity index (χ0n) is 11.6. The summed E-state index contributed by atoms with van der Waals surface area (Å²) in [7, 11) is 1.80. The van der Waals surface area contributed by atoms with Crippen molar-refractivity contribution in [2.45, 2.75) is 20.0 Å². The van der Waals surface area contributed by atoms with E-state index < -0.39 is 0 Å². The van der Waals surface area contributed by atoms with E-state index in [0.717, 1.165) is 10.9 Å². The molecule has 0 radical (unpaired) electrons. The summed E-state index contributed by atoms with van der Waals surface area (Å²) in [6, 6.07) is 7.81. The molecule has 4 nitrogen and oxygen atoms in total. The predicted octanol–water partition coefficient (Wildman–Crippen LogP) is 2.66. The highest BCUT2D eigenvalue weighted by Crippen LogP contribution is 2.18. The van der Waals surface area contributed by atoms with Gasteiger partial charge in [0.25, 0.3) is 5.91 Å². The molecule has 1 aromatic heterocycles. The fraction of sp³-hybridized carbons (Fsp3) is 0.400. The van der Waals surface area contributed by atoms with Crippen molar-refractivity contribution < 1.29 is 9.53 Å². The highest BCUT2D eigenvalue weighted by atomic mass is 16.5. The molecule has 4 heteroatoms. The van der Waals surface area contributed by atoms with Crippen LogP contribution in [0.5, 0.6) is 0 Å². The molecular weight excluding hydrogens is 240 g/mol. The second-order valence-electron chi connectivity index (χ2n) is 4.89. The maximum absolute atomic E-state index is 12.3. The van der Waals surface area contributed by atoms with Crippen molar-refractivity contribution in [2.75, 3.05) is 20.2 Å². The minimum atomic E-state index is 0.0183. The Morgan fingerprint density at radius 3 is 2.84 bits per heavy atom. The largest absolute Gasteiger partial charge is 0.377 e. The molecule has 0 atom stereocenters. The Hall–Kier alpha value is -1.81. The molecule has 0 aliphatic carbocycles. The highest BCUT2D eigenvalue weighted by Gasteiger charge is 2.15. The van der Waals surface area contributed by atoms with Crippen LogP contribution in [0.3, 0.4) is 0 Å². The number of benzene rings is 1. The fourth-order valence-electron chi connectivity index (χ4n) is 1.98. The number of carbonyl (C=O) groups excluding carboxylic acids is 1. The SMILES string of the molecule is CC(C)OCCN(C)C(=O)c1c[nH]c2ccccc12. The Kier molecular flexibility index (Phi) is 4.22. The van der Waals surface area contributed by atoms with Crippen LogP contribution in [0.15, 0.2) is 30.5 Å². The van der Waals surface area contributed by atoms with Crippen LogP contribution in [0.2, 0.25) is 0 Å². The van der Waals surface area contributed by atoms with Crippen LogP contribution < -0.4 is 0 Å². The number of aromatic nitrogens is 1. The fourth-order valence-corrected chi connectivity index (χ4v) is 1.98. The lowest BCUT2D eigenvalue weighted by molar-refractivity contribution is 0.0533. The molecule has 2 aromatic rings. The number of ether oxygens (including phenoxy) is 1. The number of fused-ring (bicyclic) bond motifs is 1. The Morgan fingerprint density at radius 2 is 2.11 bits per heavy atom. The summed E-state index contributed by atoms with van der Waals surface area (Å²) in [6.07, 6.45) is 1.96.